The molecule has 0 atom stereocenters. The topological polar surface area (TPSA) is 77.2 Å². The first-order chi connectivity index (χ1) is 9.67. The number of hydrogen-bond donors (Lipinski definition) is 1. The molecule has 0 bridgehead atoms. The van der Waals surface area contributed by atoms with Crippen LogP contribution in [0.5, 0.6) is 0 Å². The van der Waals surface area contributed by atoms with Crippen molar-refractivity contribution in [3.8, 4) is 0 Å². The van der Waals surface area contributed by atoms with Gasteiger partial charge in [-0.15, -0.1) is 0 Å². The summed E-state index contributed by atoms with van der Waals surface area (Å²) in [5.74, 6) is -0.611. The molecule has 0 heterocycles. The van der Waals surface area contributed by atoms with Crippen molar-refractivity contribution in [1.82, 2.24) is 0 Å². The number of nitrogens with two attached hydrogens (primary N) is 1. The summed E-state index contributed by atoms with van der Waals surface area (Å²) < 4.78 is 0. The summed E-state index contributed by atoms with van der Waals surface area (Å²) in [6.07, 6.45) is 1.68. The number of ketones is 2. The minimum absolute atomic E-state index is 0.116. The Morgan fingerprint density at radius 3 is 2.30 bits per heavy atom. The lowest BCUT2D eigenvalue weighted by atomic mass is 9.96. The Bertz CT molecular complexity index is 663. The maximum absolute atomic E-state index is 12.3. The third-order valence-electron chi connectivity index (χ3n) is 2.91. The van der Waals surface area contributed by atoms with Crippen molar-refractivity contribution in [2.45, 2.75) is 0 Å². The van der Waals surface area contributed by atoms with Crippen LogP contribution in [0.3, 0.4) is 0 Å². The number of rotatable bonds is 5. The Balaban J connectivity index is 2.46. The zero-order valence-corrected chi connectivity index (χ0v) is 10.6. The zero-order valence-electron chi connectivity index (χ0n) is 10.6. The van der Waals surface area contributed by atoms with E-state index in [9.17, 15) is 14.4 Å². The Hall–Kier alpha value is -2.59. The van der Waals surface area contributed by atoms with Crippen LogP contribution in [-0.4, -0.2) is 24.4 Å². The van der Waals surface area contributed by atoms with Gasteiger partial charge in [-0.25, -0.2) is 0 Å². The summed E-state index contributed by atoms with van der Waals surface area (Å²) in [4.78, 5) is 34.8. The normalized spacial score (nSPS) is 10.1. The Morgan fingerprint density at radius 1 is 1.00 bits per heavy atom. The first-order valence-corrected chi connectivity index (χ1v) is 6.02. The molecular weight excluding hydrogens is 254 g/mol. The predicted octanol–water partition coefficient (Wildman–Crippen LogP) is 1.52. The van der Waals surface area contributed by atoms with E-state index in [-0.39, 0.29) is 23.5 Å². The highest BCUT2D eigenvalue weighted by Crippen LogP contribution is 2.15. The average molecular weight is 266 g/mol. The largest absolute Gasteiger partial charge is 0.324 e. The molecule has 2 N–H and O–H groups in total. The second-order valence-electron chi connectivity index (χ2n) is 4.18. The van der Waals surface area contributed by atoms with E-state index in [0.29, 0.717) is 11.1 Å². The third-order valence-corrected chi connectivity index (χ3v) is 2.91. The van der Waals surface area contributed by atoms with Crippen LogP contribution >= 0.6 is 0 Å². The summed E-state index contributed by atoms with van der Waals surface area (Å²) in [6, 6.07) is 13.0. The van der Waals surface area contributed by atoms with Crippen molar-refractivity contribution < 1.29 is 14.4 Å². The molecule has 0 aliphatic carbocycles. The van der Waals surface area contributed by atoms with Crippen molar-refractivity contribution in [2.24, 2.45) is 5.73 Å². The molecule has 2 rings (SSSR count). The van der Waals surface area contributed by atoms with Gasteiger partial charge in [0.25, 0.3) is 0 Å². The van der Waals surface area contributed by atoms with Crippen molar-refractivity contribution in [2.75, 3.05) is 6.54 Å². The highest BCUT2D eigenvalue weighted by molar-refractivity contribution is 6.12. The van der Waals surface area contributed by atoms with Crippen molar-refractivity contribution in [3.63, 3.8) is 0 Å². The number of hydrogen-bond acceptors (Lipinski definition) is 4. The minimum Gasteiger partial charge on any atom is -0.324 e. The molecule has 1 radical (unpaired) electrons. The number of benzene rings is 2. The summed E-state index contributed by atoms with van der Waals surface area (Å²) >= 11 is 0. The Kier molecular flexibility index (Phi) is 4.17. The lowest BCUT2D eigenvalue weighted by Gasteiger charge is -2.06. The van der Waals surface area contributed by atoms with Crippen molar-refractivity contribution >= 4 is 17.9 Å². The van der Waals surface area contributed by atoms with Crippen molar-refractivity contribution in [3.05, 3.63) is 70.8 Å². The first-order valence-electron chi connectivity index (χ1n) is 6.02. The molecule has 4 heteroatoms. The van der Waals surface area contributed by atoms with Gasteiger partial charge in [0.05, 0.1) is 6.54 Å². The van der Waals surface area contributed by atoms with E-state index < -0.39 is 5.78 Å². The van der Waals surface area contributed by atoms with Gasteiger partial charge in [-0.2, -0.15) is 0 Å². The average Bonchev–Trinajstić information content (AvgIpc) is 2.53. The second-order valence-corrected chi connectivity index (χ2v) is 4.18. The zero-order chi connectivity index (χ0) is 14.5. The SMILES string of the molecule is NCC(=O)c1cc(C(=O)c2ccccc2)ccc1[C]=O. The van der Waals surface area contributed by atoms with Gasteiger partial charge in [-0.1, -0.05) is 36.4 Å². The van der Waals surface area contributed by atoms with Gasteiger partial charge in [0, 0.05) is 22.3 Å². The van der Waals surface area contributed by atoms with Crippen LogP contribution in [0.15, 0.2) is 48.5 Å². The molecule has 20 heavy (non-hydrogen) atoms. The monoisotopic (exact) mass is 266 g/mol. The smallest absolute Gasteiger partial charge is 0.234 e. The molecule has 99 valence electrons. The van der Waals surface area contributed by atoms with Gasteiger partial charge < -0.3 is 5.73 Å². The molecule has 0 aliphatic heterocycles. The number of Topliss-reactive ketones (excluding diaryl/α,β-unsaturated/α-hetero) is 1. The predicted molar refractivity (Wildman–Crippen MR) is 74.5 cm³/mol. The summed E-state index contributed by atoms with van der Waals surface area (Å²) in [5, 5.41) is 0. The molecule has 0 spiro atoms. The number of carbonyl (C=O) groups excluding carboxylic acids is 3. The first kappa shape index (κ1) is 13.8. The molecule has 0 amide bonds. The highest BCUT2D eigenvalue weighted by atomic mass is 16.1. The summed E-state index contributed by atoms with van der Waals surface area (Å²) in [5.41, 5.74) is 6.40. The molecule has 2 aromatic rings. The van der Waals surface area contributed by atoms with E-state index in [0.717, 1.165) is 0 Å². The van der Waals surface area contributed by atoms with E-state index in [1.54, 1.807) is 30.6 Å². The van der Waals surface area contributed by atoms with E-state index in [4.69, 9.17) is 5.73 Å². The van der Waals surface area contributed by atoms with Crippen LogP contribution in [-0.2, 0) is 4.79 Å². The molecule has 2 aromatic carbocycles. The van der Waals surface area contributed by atoms with Gasteiger partial charge in [-0.05, 0) is 12.1 Å². The van der Waals surface area contributed by atoms with Gasteiger partial charge in [0.1, 0.15) is 0 Å². The standard InChI is InChI=1S/C16H12NO3/c17-9-15(19)14-8-12(6-7-13(14)10-18)16(20)11-4-2-1-3-5-11/h1-8H,9,17H2. The summed E-state index contributed by atoms with van der Waals surface area (Å²) in [7, 11) is 0. The van der Waals surface area contributed by atoms with Crippen LogP contribution < -0.4 is 5.73 Å². The quantitative estimate of drug-likeness (QED) is 0.832. The molecule has 0 aromatic heterocycles. The Labute approximate surface area is 116 Å². The van der Waals surface area contributed by atoms with E-state index in [2.05, 4.69) is 0 Å². The lowest BCUT2D eigenvalue weighted by Crippen LogP contribution is -2.16. The van der Waals surface area contributed by atoms with Crippen LogP contribution in [0.2, 0.25) is 0 Å². The van der Waals surface area contributed by atoms with Gasteiger partial charge in [-0.3, -0.25) is 14.4 Å². The van der Waals surface area contributed by atoms with E-state index in [1.165, 1.54) is 18.2 Å². The molecular formula is C16H12NO3. The fourth-order valence-electron chi connectivity index (χ4n) is 1.87. The lowest BCUT2D eigenvalue weighted by molar-refractivity contribution is 0.100. The van der Waals surface area contributed by atoms with Crippen LogP contribution in [0.4, 0.5) is 0 Å². The van der Waals surface area contributed by atoms with Crippen molar-refractivity contribution in [1.29, 1.82) is 0 Å². The van der Waals surface area contributed by atoms with E-state index >= 15 is 0 Å². The molecule has 0 aliphatic rings. The molecule has 0 saturated heterocycles. The van der Waals surface area contributed by atoms with Crippen LogP contribution in [0.25, 0.3) is 0 Å². The maximum Gasteiger partial charge on any atom is 0.234 e. The second kappa shape index (κ2) is 6.04. The highest BCUT2D eigenvalue weighted by Gasteiger charge is 2.15. The van der Waals surface area contributed by atoms with Gasteiger partial charge in [0.15, 0.2) is 11.6 Å². The fraction of sp³-hybridized carbons (Fsp3) is 0.0625. The van der Waals surface area contributed by atoms with Crippen LogP contribution in [0, 0.1) is 0 Å². The van der Waals surface area contributed by atoms with Gasteiger partial charge >= 0.3 is 0 Å². The number of carbonyl (C=O) groups is 2. The maximum atomic E-state index is 12.3. The third kappa shape index (κ3) is 2.70. The van der Waals surface area contributed by atoms with E-state index in [1.807, 2.05) is 6.07 Å². The minimum atomic E-state index is -0.397. The molecule has 4 nitrogen and oxygen atoms in total. The molecule has 0 saturated carbocycles. The summed E-state index contributed by atoms with van der Waals surface area (Å²) in [6.45, 7) is -0.225. The molecule has 0 unspecified atom stereocenters. The van der Waals surface area contributed by atoms with Crippen LogP contribution in [0.1, 0.15) is 31.8 Å². The fourth-order valence-corrected chi connectivity index (χ4v) is 1.87. The van der Waals surface area contributed by atoms with Gasteiger partial charge in [0.2, 0.25) is 6.29 Å². The Morgan fingerprint density at radius 2 is 1.70 bits per heavy atom. The molecule has 0 fully saturated rings.